The summed E-state index contributed by atoms with van der Waals surface area (Å²) in [7, 11) is 0. The molecule has 2 rings (SSSR count). The molecule has 0 unspecified atom stereocenters. The van der Waals surface area contributed by atoms with Gasteiger partial charge in [0.25, 0.3) is 0 Å². The van der Waals surface area contributed by atoms with Gasteiger partial charge in [-0.15, -0.1) is 0 Å². The molecule has 0 saturated carbocycles. The molecule has 1 aromatic heterocycles. The number of nitrogens with zero attached hydrogens (tertiary/aromatic N) is 2. The van der Waals surface area contributed by atoms with E-state index >= 15 is 0 Å². The Hall–Kier alpha value is -1.02. The SMILES string of the molecule is CCn1ccnc1SCC(=O)Nc1cccc(I)c1. The minimum atomic E-state index is -0.0161. The molecule has 0 aliphatic heterocycles. The van der Waals surface area contributed by atoms with E-state index in [1.165, 1.54) is 11.8 Å². The lowest BCUT2D eigenvalue weighted by atomic mass is 10.3. The highest BCUT2D eigenvalue weighted by Gasteiger charge is 2.07. The van der Waals surface area contributed by atoms with Gasteiger partial charge in [0.05, 0.1) is 5.75 Å². The molecule has 1 amide bonds. The molecule has 0 bridgehead atoms. The van der Waals surface area contributed by atoms with E-state index in [0.717, 1.165) is 21.0 Å². The second kappa shape index (κ2) is 6.95. The first-order valence-corrected chi connectivity index (χ1v) is 7.95. The van der Waals surface area contributed by atoms with E-state index in [-0.39, 0.29) is 5.91 Å². The first kappa shape index (κ1) is 14.4. The fourth-order valence-corrected chi connectivity index (χ4v) is 2.94. The van der Waals surface area contributed by atoms with Crippen molar-refractivity contribution in [2.75, 3.05) is 11.1 Å². The monoisotopic (exact) mass is 387 g/mol. The van der Waals surface area contributed by atoms with E-state index in [4.69, 9.17) is 0 Å². The van der Waals surface area contributed by atoms with E-state index in [2.05, 4.69) is 39.8 Å². The summed E-state index contributed by atoms with van der Waals surface area (Å²) >= 11 is 3.67. The number of carbonyl (C=O) groups excluding carboxylic acids is 1. The zero-order chi connectivity index (χ0) is 13.7. The fraction of sp³-hybridized carbons (Fsp3) is 0.231. The van der Waals surface area contributed by atoms with Gasteiger partial charge >= 0.3 is 0 Å². The predicted molar refractivity (Wildman–Crippen MR) is 86.4 cm³/mol. The number of hydrogen-bond acceptors (Lipinski definition) is 3. The number of nitrogens with one attached hydrogen (secondary N) is 1. The van der Waals surface area contributed by atoms with Gasteiger partial charge in [-0.25, -0.2) is 4.98 Å². The van der Waals surface area contributed by atoms with E-state index in [9.17, 15) is 4.79 Å². The Labute approximate surface area is 130 Å². The highest BCUT2D eigenvalue weighted by Crippen LogP contribution is 2.17. The van der Waals surface area contributed by atoms with Crippen LogP contribution >= 0.6 is 34.4 Å². The van der Waals surface area contributed by atoms with Gasteiger partial charge in [-0.3, -0.25) is 4.79 Å². The summed E-state index contributed by atoms with van der Waals surface area (Å²) in [5.74, 6) is 0.348. The van der Waals surface area contributed by atoms with Crippen LogP contribution in [-0.2, 0) is 11.3 Å². The summed E-state index contributed by atoms with van der Waals surface area (Å²) in [5.41, 5.74) is 0.830. The van der Waals surface area contributed by atoms with Crippen molar-refractivity contribution in [1.82, 2.24) is 9.55 Å². The van der Waals surface area contributed by atoms with Crippen LogP contribution in [0.2, 0.25) is 0 Å². The second-order valence-corrected chi connectivity index (χ2v) is 6.03. The van der Waals surface area contributed by atoms with Crippen molar-refractivity contribution in [3.63, 3.8) is 0 Å². The third-order valence-electron chi connectivity index (χ3n) is 2.46. The normalized spacial score (nSPS) is 10.4. The number of amides is 1. The molecule has 0 atom stereocenters. The molecule has 6 heteroatoms. The number of anilines is 1. The van der Waals surface area contributed by atoms with Crippen molar-refractivity contribution < 1.29 is 4.79 Å². The maximum Gasteiger partial charge on any atom is 0.234 e. The van der Waals surface area contributed by atoms with Gasteiger partial charge in [-0.1, -0.05) is 17.8 Å². The fourth-order valence-electron chi connectivity index (χ4n) is 1.57. The Bertz CT molecular complexity index is 571. The summed E-state index contributed by atoms with van der Waals surface area (Å²) in [6.07, 6.45) is 3.67. The van der Waals surface area contributed by atoms with Crippen LogP contribution in [0.25, 0.3) is 0 Å². The van der Waals surface area contributed by atoms with Gasteiger partial charge in [0.15, 0.2) is 5.16 Å². The van der Waals surface area contributed by atoms with Gasteiger partial charge in [0.1, 0.15) is 0 Å². The summed E-state index contributed by atoms with van der Waals surface area (Å²) in [6, 6.07) is 7.74. The number of aryl methyl sites for hydroxylation is 1. The molecule has 0 aliphatic carbocycles. The Kier molecular flexibility index (Phi) is 5.26. The quantitative estimate of drug-likeness (QED) is 0.633. The molecule has 100 valence electrons. The van der Waals surface area contributed by atoms with E-state index < -0.39 is 0 Å². The molecule has 0 spiro atoms. The molecule has 0 fully saturated rings. The average Bonchev–Trinajstić information content (AvgIpc) is 2.83. The lowest BCUT2D eigenvalue weighted by Crippen LogP contribution is -2.14. The van der Waals surface area contributed by atoms with Crippen molar-refractivity contribution in [3.05, 3.63) is 40.2 Å². The molecular weight excluding hydrogens is 373 g/mol. The Morgan fingerprint density at radius 2 is 2.37 bits per heavy atom. The number of carbonyl (C=O) groups is 1. The first-order chi connectivity index (χ1) is 9.19. The zero-order valence-electron chi connectivity index (χ0n) is 10.5. The van der Waals surface area contributed by atoms with Crippen LogP contribution in [0, 0.1) is 3.57 Å². The standard InChI is InChI=1S/C13H14IN3OS/c1-2-17-7-6-15-13(17)19-9-12(18)16-11-5-3-4-10(14)8-11/h3-8H,2,9H2,1H3,(H,16,18). The van der Waals surface area contributed by atoms with Gasteiger partial charge < -0.3 is 9.88 Å². The smallest absolute Gasteiger partial charge is 0.234 e. The third-order valence-corrected chi connectivity index (χ3v) is 4.13. The van der Waals surface area contributed by atoms with Crippen LogP contribution in [0.5, 0.6) is 0 Å². The van der Waals surface area contributed by atoms with Gasteiger partial charge in [-0.2, -0.15) is 0 Å². The van der Waals surface area contributed by atoms with Crippen molar-refractivity contribution in [3.8, 4) is 0 Å². The molecule has 1 heterocycles. The molecule has 1 N–H and O–H groups in total. The minimum Gasteiger partial charge on any atom is -0.326 e. The van der Waals surface area contributed by atoms with Crippen molar-refractivity contribution in [2.45, 2.75) is 18.6 Å². The highest BCUT2D eigenvalue weighted by molar-refractivity contribution is 14.1. The van der Waals surface area contributed by atoms with E-state index in [0.29, 0.717) is 5.75 Å². The number of thioether (sulfide) groups is 1. The van der Waals surface area contributed by atoms with Crippen LogP contribution in [0.15, 0.2) is 41.8 Å². The van der Waals surface area contributed by atoms with Crippen molar-refractivity contribution in [2.24, 2.45) is 0 Å². The molecule has 0 aliphatic rings. The molecule has 4 nitrogen and oxygen atoms in total. The van der Waals surface area contributed by atoms with E-state index in [1.807, 2.05) is 35.0 Å². The maximum absolute atomic E-state index is 11.8. The summed E-state index contributed by atoms with van der Waals surface area (Å²) < 4.78 is 3.12. The molecule has 1 aromatic carbocycles. The minimum absolute atomic E-state index is 0.0161. The topological polar surface area (TPSA) is 46.9 Å². The maximum atomic E-state index is 11.8. The summed E-state index contributed by atoms with van der Waals surface area (Å²) in [5, 5.41) is 3.76. The lowest BCUT2D eigenvalue weighted by molar-refractivity contribution is -0.113. The average molecular weight is 387 g/mol. The second-order valence-electron chi connectivity index (χ2n) is 3.84. The Morgan fingerprint density at radius 3 is 3.11 bits per heavy atom. The summed E-state index contributed by atoms with van der Waals surface area (Å²) in [6.45, 7) is 2.92. The third kappa shape index (κ3) is 4.24. The number of rotatable bonds is 5. The Morgan fingerprint density at radius 1 is 1.53 bits per heavy atom. The van der Waals surface area contributed by atoms with Crippen LogP contribution in [0.1, 0.15) is 6.92 Å². The van der Waals surface area contributed by atoms with Crippen LogP contribution < -0.4 is 5.32 Å². The van der Waals surface area contributed by atoms with Gasteiger partial charge in [-0.05, 0) is 47.7 Å². The number of benzene rings is 1. The molecule has 0 saturated heterocycles. The molecule has 2 aromatic rings. The number of imidazole rings is 1. The van der Waals surface area contributed by atoms with Crippen molar-refractivity contribution in [1.29, 1.82) is 0 Å². The first-order valence-electron chi connectivity index (χ1n) is 5.88. The van der Waals surface area contributed by atoms with Crippen LogP contribution in [-0.4, -0.2) is 21.2 Å². The van der Waals surface area contributed by atoms with Crippen molar-refractivity contribution >= 4 is 45.9 Å². The summed E-state index contributed by atoms with van der Waals surface area (Å²) in [4.78, 5) is 16.1. The van der Waals surface area contributed by atoms with Crippen LogP contribution in [0.3, 0.4) is 0 Å². The number of hydrogen-bond donors (Lipinski definition) is 1. The molecule has 0 radical (unpaired) electrons. The van der Waals surface area contributed by atoms with Gasteiger partial charge in [0, 0.05) is 28.2 Å². The number of aromatic nitrogens is 2. The van der Waals surface area contributed by atoms with Crippen LogP contribution in [0.4, 0.5) is 5.69 Å². The highest BCUT2D eigenvalue weighted by atomic mass is 127. The zero-order valence-corrected chi connectivity index (χ0v) is 13.4. The number of halogens is 1. The molecular formula is C13H14IN3OS. The predicted octanol–water partition coefficient (Wildman–Crippen LogP) is 3.24. The Balaban J connectivity index is 1.88. The van der Waals surface area contributed by atoms with Gasteiger partial charge in [0.2, 0.25) is 5.91 Å². The molecule has 19 heavy (non-hydrogen) atoms. The largest absolute Gasteiger partial charge is 0.326 e. The van der Waals surface area contributed by atoms with E-state index in [1.54, 1.807) is 6.20 Å². The lowest BCUT2D eigenvalue weighted by Gasteiger charge is -2.06.